The van der Waals surface area contributed by atoms with Gasteiger partial charge in [0.25, 0.3) is 0 Å². The van der Waals surface area contributed by atoms with Crippen LogP contribution in [0.1, 0.15) is 19.8 Å². The lowest BCUT2D eigenvalue weighted by molar-refractivity contribution is 0.147. The van der Waals surface area contributed by atoms with Gasteiger partial charge in [0.2, 0.25) is 0 Å². The van der Waals surface area contributed by atoms with E-state index in [1.807, 2.05) is 0 Å². The maximum absolute atomic E-state index is 5.44. The molecule has 74 valence electrons. The van der Waals surface area contributed by atoms with Crippen LogP contribution in [0.2, 0.25) is 0 Å². The molecule has 0 saturated carbocycles. The molecule has 0 fully saturated rings. The molecule has 0 radical (unpaired) electrons. The topological polar surface area (TPSA) is 38.5 Å². The van der Waals surface area contributed by atoms with Gasteiger partial charge in [0.15, 0.2) is 0 Å². The molecule has 0 aromatic carbocycles. The van der Waals surface area contributed by atoms with Gasteiger partial charge in [-0.15, -0.1) is 0 Å². The van der Waals surface area contributed by atoms with Gasteiger partial charge in [-0.1, -0.05) is 6.92 Å². The number of methoxy groups -OCH3 is 1. The molecule has 3 heteroatoms. The molecule has 0 atom stereocenters. The summed E-state index contributed by atoms with van der Waals surface area (Å²) in [5, 5.41) is 0. The number of hydrogen-bond acceptors (Lipinski definition) is 3. The maximum atomic E-state index is 5.44. The van der Waals surface area contributed by atoms with Crippen molar-refractivity contribution in [2.75, 3.05) is 39.9 Å². The molecule has 0 aliphatic heterocycles. The van der Waals surface area contributed by atoms with Crippen molar-refractivity contribution in [3.63, 3.8) is 0 Å². The quantitative estimate of drug-likeness (QED) is 0.588. The highest BCUT2D eigenvalue weighted by molar-refractivity contribution is 4.56. The van der Waals surface area contributed by atoms with E-state index in [9.17, 15) is 0 Å². The second-order valence-electron chi connectivity index (χ2n) is 2.98. The van der Waals surface area contributed by atoms with Gasteiger partial charge in [-0.3, -0.25) is 0 Å². The highest BCUT2D eigenvalue weighted by atomic mass is 16.5. The number of rotatable bonds is 8. The van der Waals surface area contributed by atoms with E-state index in [0.717, 1.165) is 39.2 Å². The monoisotopic (exact) mass is 174 g/mol. The van der Waals surface area contributed by atoms with Gasteiger partial charge in [-0.25, -0.2) is 0 Å². The third-order valence-electron chi connectivity index (χ3n) is 1.83. The van der Waals surface area contributed by atoms with Crippen LogP contribution in [-0.4, -0.2) is 44.8 Å². The minimum Gasteiger partial charge on any atom is -0.383 e. The van der Waals surface area contributed by atoms with Crippen molar-refractivity contribution in [2.24, 2.45) is 5.73 Å². The Bertz CT molecular complexity index is 80.6. The van der Waals surface area contributed by atoms with Crippen LogP contribution in [0.15, 0.2) is 0 Å². The first-order valence-electron chi connectivity index (χ1n) is 4.76. The predicted octanol–water partition coefficient (Wildman–Crippen LogP) is 0.694. The Kier molecular flexibility index (Phi) is 8.88. The second kappa shape index (κ2) is 8.97. The van der Waals surface area contributed by atoms with Crippen molar-refractivity contribution < 1.29 is 4.74 Å². The van der Waals surface area contributed by atoms with Crippen molar-refractivity contribution in [1.29, 1.82) is 0 Å². The van der Waals surface area contributed by atoms with Gasteiger partial charge in [0.05, 0.1) is 6.61 Å². The van der Waals surface area contributed by atoms with E-state index in [-0.39, 0.29) is 0 Å². The van der Waals surface area contributed by atoms with Crippen LogP contribution in [0.3, 0.4) is 0 Å². The molecule has 0 aliphatic carbocycles. The van der Waals surface area contributed by atoms with E-state index in [1.54, 1.807) is 7.11 Å². The Morgan fingerprint density at radius 2 is 2.00 bits per heavy atom. The minimum atomic E-state index is 0.785. The second-order valence-corrected chi connectivity index (χ2v) is 2.98. The molecule has 0 aliphatic rings. The zero-order chi connectivity index (χ0) is 9.23. The highest BCUT2D eigenvalue weighted by Crippen LogP contribution is 1.93. The van der Waals surface area contributed by atoms with Gasteiger partial charge in [-0.05, 0) is 32.5 Å². The smallest absolute Gasteiger partial charge is 0.0589 e. The van der Waals surface area contributed by atoms with Gasteiger partial charge in [0, 0.05) is 13.7 Å². The third-order valence-corrected chi connectivity index (χ3v) is 1.83. The first-order valence-corrected chi connectivity index (χ1v) is 4.76. The standard InChI is InChI=1S/C9H22N2O/c1-3-6-11(7-4-5-10)8-9-12-2/h3-10H2,1-2H3. The van der Waals surface area contributed by atoms with Gasteiger partial charge in [-0.2, -0.15) is 0 Å². The Labute approximate surface area is 75.9 Å². The molecule has 0 unspecified atom stereocenters. The van der Waals surface area contributed by atoms with E-state index in [4.69, 9.17) is 10.5 Å². The van der Waals surface area contributed by atoms with Gasteiger partial charge < -0.3 is 15.4 Å². The Morgan fingerprint density at radius 3 is 2.50 bits per heavy atom. The number of ether oxygens (including phenoxy) is 1. The van der Waals surface area contributed by atoms with E-state index < -0.39 is 0 Å². The number of hydrogen-bond donors (Lipinski definition) is 1. The van der Waals surface area contributed by atoms with E-state index >= 15 is 0 Å². The van der Waals surface area contributed by atoms with E-state index in [2.05, 4.69) is 11.8 Å². The normalized spacial score (nSPS) is 11.0. The molecule has 0 spiro atoms. The van der Waals surface area contributed by atoms with Crippen LogP contribution in [0.4, 0.5) is 0 Å². The van der Waals surface area contributed by atoms with Crippen LogP contribution in [-0.2, 0) is 4.74 Å². The first kappa shape index (κ1) is 11.9. The summed E-state index contributed by atoms with van der Waals surface area (Å²) in [7, 11) is 1.74. The van der Waals surface area contributed by atoms with Gasteiger partial charge in [0.1, 0.15) is 0 Å². The molecule has 0 bridgehead atoms. The molecule has 0 rings (SSSR count). The van der Waals surface area contributed by atoms with Crippen molar-refractivity contribution in [1.82, 2.24) is 4.90 Å². The third kappa shape index (κ3) is 6.58. The van der Waals surface area contributed by atoms with Crippen LogP contribution in [0.5, 0.6) is 0 Å². The fourth-order valence-corrected chi connectivity index (χ4v) is 1.19. The van der Waals surface area contributed by atoms with Crippen LogP contribution >= 0.6 is 0 Å². The van der Waals surface area contributed by atoms with Crippen molar-refractivity contribution in [2.45, 2.75) is 19.8 Å². The van der Waals surface area contributed by atoms with Crippen molar-refractivity contribution in [3.8, 4) is 0 Å². The summed E-state index contributed by atoms with van der Waals surface area (Å²) in [6.45, 7) is 7.10. The molecule has 0 heterocycles. The molecule has 2 N–H and O–H groups in total. The summed E-state index contributed by atoms with van der Waals surface area (Å²) in [6, 6.07) is 0. The lowest BCUT2D eigenvalue weighted by Gasteiger charge is -2.20. The SMILES string of the molecule is CCCN(CCCN)CCOC. The molecule has 0 aromatic rings. The Morgan fingerprint density at radius 1 is 1.25 bits per heavy atom. The summed E-state index contributed by atoms with van der Waals surface area (Å²) >= 11 is 0. The minimum absolute atomic E-state index is 0.785. The van der Waals surface area contributed by atoms with Crippen molar-refractivity contribution >= 4 is 0 Å². The summed E-state index contributed by atoms with van der Waals surface area (Å²) < 4.78 is 5.03. The van der Waals surface area contributed by atoms with E-state index in [0.29, 0.717) is 0 Å². The largest absolute Gasteiger partial charge is 0.383 e. The summed E-state index contributed by atoms with van der Waals surface area (Å²) in [4.78, 5) is 2.40. The zero-order valence-corrected chi connectivity index (χ0v) is 8.38. The van der Waals surface area contributed by atoms with Gasteiger partial charge >= 0.3 is 0 Å². The summed E-state index contributed by atoms with van der Waals surface area (Å²) in [5.41, 5.74) is 5.44. The lowest BCUT2D eigenvalue weighted by Crippen LogP contribution is -2.30. The van der Waals surface area contributed by atoms with Crippen LogP contribution < -0.4 is 5.73 Å². The number of nitrogens with two attached hydrogens (primary N) is 1. The zero-order valence-electron chi connectivity index (χ0n) is 8.38. The highest BCUT2D eigenvalue weighted by Gasteiger charge is 2.01. The van der Waals surface area contributed by atoms with Crippen molar-refractivity contribution in [3.05, 3.63) is 0 Å². The molecular formula is C9H22N2O. The molecule has 3 nitrogen and oxygen atoms in total. The van der Waals surface area contributed by atoms with Crippen LogP contribution in [0, 0.1) is 0 Å². The molecule has 0 aromatic heterocycles. The fourth-order valence-electron chi connectivity index (χ4n) is 1.19. The molecule has 0 saturated heterocycles. The molecule has 12 heavy (non-hydrogen) atoms. The van der Waals surface area contributed by atoms with E-state index in [1.165, 1.54) is 6.42 Å². The predicted molar refractivity (Wildman–Crippen MR) is 52.3 cm³/mol. The molecule has 0 amide bonds. The Hall–Kier alpha value is -0.120. The summed E-state index contributed by atoms with van der Waals surface area (Å²) in [6.07, 6.45) is 2.29. The summed E-state index contributed by atoms with van der Waals surface area (Å²) in [5.74, 6) is 0. The van der Waals surface area contributed by atoms with Crippen LogP contribution in [0.25, 0.3) is 0 Å². The Balaban J connectivity index is 3.40. The maximum Gasteiger partial charge on any atom is 0.0589 e. The lowest BCUT2D eigenvalue weighted by atomic mass is 10.3. The average Bonchev–Trinajstić information content (AvgIpc) is 2.10. The number of nitrogens with zero attached hydrogens (tertiary/aromatic N) is 1. The molecular weight excluding hydrogens is 152 g/mol. The fraction of sp³-hybridized carbons (Fsp3) is 1.00. The average molecular weight is 174 g/mol. The first-order chi connectivity index (χ1) is 5.85.